The number of hydrogen-bond acceptors (Lipinski definition) is 2. The van der Waals surface area contributed by atoms with Crippen molar-refractivity contribution < 1.29 is 31.5 Å². The van der Waals surface area contributed by atoms with Crippen LogP contribution in [0.25, 0.3) is 0 Å². The fraction of sp³-hybridized carbons (Fsp3) is 0.923. The molecular weight excluding hydrogens is 283 g/mol. The molecule has 0 amide bonds. The predicted octanol–water partition coefficient (Wildman–Crippen LogP) is 3.88. The van der Waals surface area contributed by atoms with Gasteiger partial charge in [0.05, 0.1) is 5.60 Å². The summed E-state index contributed by atoms with van der Waals surface area (Å²) in [5, 5.41) is 0. The summed E-state index contributed by atoms with van der Waals surface area (Å²) in [5.41, 5.74) is -0.668. The van der Waals surface area contributed by atoms with Crippen molar-refractivity contribution >= 4 is 5.78 Å². The van der Waals surface area contributed by atoms with E-state index in [0.29, 0.717) is 12.8 Å². The lowest BCUT2D eigenvalue weighted by molar-refractivity contribution is -0.272. The molecule has 0 aromatic carbocycles. The number of hydrogen-bond donors (Lipinski definition) is 0. The summed E-state index contributed by atoms with van der Waals surface area (Å²) < 4.78 is 68.7. The Balaban J connectivity index is 2.11. The maximum Gasteiger partial charge on any atom is 0.461 e. The molecule has 1 saturated heterocycles. The molecule has 0 aromatic heterocycles. The minimum atomic E-state index is -5.82. The van der Waals surface area contributed by atoms with E-state index in [-0.39, 0.29) is 19.4 Å². The second-order valence-corrected chi connectivity index (χ2v) is 5.72. The molecule has 1 spiro atoms. The van der Waals surface area contributed by atoms with Crippen LogP contribution in [0.4, 0.5) is 22.0 Å². The van der Waals surface area contributed by atoms with E-state index in [9.17, 15) is 26.7 Å². The third-order valence-electron chi connectivity index (χ3n) is 4.29. The smallest absolute Gasteiger partial charge is 0.375 e. The van der Waals surface area contributed by atoms with Gasteiger partial charge in [-0.2, -0.15) is 22.0 Å². The van der Waals surface area contributed by atoms with Crippen molar-refractivity contribution in [3.63, 3.8) is 0 Å². The molecule has 1 atom stereocenters. The molecule has 2 fully saturated rings. The number of ketones is 1. The second kappa shape index (κ2) is 5.24. The zero-order chi connectivity index (χ0) is 15.0. The Morgan fingerprint density at radius 3 is 2.20 bits per heavy atom. The molecule has 116 valence electrons. The van der Waals surface area contributed by atoms with Gasteiger partial charge in [0.15, 0.2) is 0 Å². The molecule has 0 radical (unpaired) electrons. The van der Waals surface area contributed by atoms with Gasteiger partial charge >= 0.3 is 12.1 Å². The molecule has 2 rings (SSSR count). The van der Waals surface area contributed by atoms with Crippen molar-refractivity contribution in [2.75, 3.05) is 6.61 Å². The van der Waals surface area contributed by atoms with Gasteiger partial charge < -0.3 is 4.74 Å². The summed E-state index contributed by atoms with van der Waals surface area (Å²) in [4.78, 5) is 11.6. The highest BCUT2D eigenvalue weighted by Crippen LogP contribution is 2.45. The van der Waals surface area contributed by atoms with E-state index in [1.165, 1.54) is 0 Å². The van der Waals surface area contributed by atoms with Crippen molar-refractivity contribution in [1.29, 1.82) is 0 Å². The number of rotatable bonds is 2. The molecule has 7 heteroatoms. The summed E-state index contributed by atoms with van der Waals surface area (Å²) in [7, 11) is 0. The van der Waals surface area contributed by atoms with Crippen LogP contribution in [-0.4, -0.2) is 30.1 Å². The molecule has 0 aromatic rings. The van der Waals surface area contributed by atoms with Crippen LogP contribution in [0.3, 0.4) is 0 Å². The quantitative estimate of drug-likeness (QED) is 0.723. The lowest BCUT2D eigenvalue weighted by Crippen LogP contribution is -2.51. The standard InChI is InChI=1S/C13H17F5O2/c14-12(15,13(16,17)18)10(19)9-4-7-20-11(8-9)5-2-1-3-6-11/h9H,1-8H2. The maximum atomic E-state index is 13.1. The van der Waals surface area contributed by atoms with E-state index >= 15 is 0 Å². The van der Waals surface area contributed by atoms with E-state index in [4.69, 9.17) is 4.74 Å². The van der Waals surface area contributed by atoms with Gasteiger partial charge in [-0.3, -0.25) is 4.79 Å². The Kier molecular flexibility index (Phi) is 4.10. The fourth-order valence-electron chi connectivity index (χ4n) is 3.19. The molecule has 0 bridgehead atoms. The highest BCUT2D eigenvalue weighted by molar-refractivity contribution is 5.88. The van der Waals surface area contributed by atoms with E-state index in [1.807, 2.05) is 0 Å². The number of carbonyl (C=O) groups is 1. The molecule has 1 heterocycles. The Morgan fingerprint density at radius 1 is 1.05 bits per heavy atom. The van der Waals surface area contributed by atoms with Gasteiger partial charge in [-0.15, -0.1) is 0 Å². The summed E-state index contributed by atoms with van der Waals surface area (Å²) in [5.74, 6) is -8.53. The van der Waals surface area contributed by atoms with Gasteiger partial charge in [0.25, 0.3) is 0 Å². The number of halogens is 5. The zero-order valence-electron chi connectivity index (χ0n) is 10.9. The largest absolute Gasteiger partial charge is 0.461 e. The summed E-state index contributed by atoms with van der Waals surface area (Å²) in [6.07, 6.45) is -1.91. The topological polar surface area (TPSA) is 26.3 Å². The minimum absolute atomic E-state index is 0.0164. The molecule has 1 aliphatic heterocycles. The Hall–Kier alpha value is -0.720. The molecule has 2 aliphatic rings. The first-order valence-corrected chi connectivity index (χ1v) is 6.81. The average Bonchev–Trinajstić information content (AvgIpc) is 2.37. The van der Waals surface area contributed by atoms with Gasteiger partial charge in [0, 0.05) is 12.5 Å². The van der Waals surface area contributed by atoms with Crippen molar-refractivity contribution in [2.24, 2.45) is 5.92 Å². The van der Waals surface area contributed by atoms with Gasteiger partial charge in [-0.1, -0.05) is 19.3 Å². The van der Waals surface area contributed by atoms with Crippen molar-refractivity contribution in [1.82, 2.24) is 0 Å². The minimum Gasteiger partial charge on any atom is -0.375 e. The fourth-order valence-corrected chi connectivity index (χ4v) is 3.19. The van der Waals surface area contributed by atoms with Crippen LogP contribution in [0.5, 0.6) is 0 Å². The third-order valence-corrected chi connectivity index (χ3v) is 4.29. The van der Waals surface area contributed by atoms with Crippen LogP contribution in [0.2, 0.25) is 0 Å². The van der Waals surface area contributed by atoms with Crippen LogP contribution in [0.1, 0.15) is 44.9 Å². The van der Waals surface area contributed by atoms with Crippen LogP contribution < -0.4 is 0 Å². The Labute approximate surface area is 113 Å². The molecule has 1 aliphatic carbocycles. The number of Topliss-reactive ketones (excluding diaryl/α,β-unsaturated/α-hetero) is 1. The van der Waals surface area contributed by atoms with Gasteiger partial charge in [0.2, 0.25) is 5.78 Å². The number of ether oxygens (including phenoxy) is 1. The Bertz CT molecular complexity index is 366. The molecule has 1 saturated carbocycles. The average molecular weight is 300 g/mol. The Morgan fingerprint density at radius 2 is 1.65 bits per heavy atom. The summed E-state index contributed by atoms with van der Waals surface area (Å²) in [6, 6.07) is 0. The second-order valence-electron chi connectivity index (χ2n) is 5.72. The van der Waals surface area contributed by atoms with Crippen LogP contribution in [0.15, 0.2) is 0 Å². The SMILES string of the molecule is O=C(C1CCOC2(CCCCC2)C1)C(F)(F)C(F)(F)F. The summed E-state index contributed by atoms with van der Waals surface area (Å²) >= 11 is 0. The van der Waals surface area contributed by atoms with E-state index in [0.717, 1.165) is 19.3 Å². The first kappa shape index (κ1) is 15.7. The van der Waals surface area contributed by atoms with E-state index in [2.05, 4.69) is 0 Å². The molecule has 2 nitrogen and oxygen atoms in total. The molecule has 1 unspecified atom stereocenters. The highest BCUT2D eigenvalue weighted by atomic mass is 19.4. The lowest BCUT2D eigenvalue weighted by Gasteiger charge is -2.43. The predicted molar refractivity (Wildman–Crippen MR) is 60.5 cm³/mol. The number of alkyl halides is 5. The maximum absolute atomic E-state index is 13.1. The molecular formula is C13H17F5O2. The van der Waals surface area contributed by atoms with Gasteiger partial charge in [-0.25, -0.2) is 0 Å². The highest BCUT2D eigenvalue weighted by Gasteiger charge is 2.64. The first-order chi connectivity index (χ1) is 9.18. The van der Waals surface area contributed by atoms with Crippen molar-refractivity contribution in [2.45, 2.75) is 62.6 Å². The van der Waals surface area contributed by atoms with Gasteiger partial charge in [-0.05, 0) is 25.7 Å². The van der Waals surface area contributed by atoms with E-state index < -0.39 is 29.4 Å². The van der Waals surface area contributed by atoms with Crippen LogP contribution in [0, 0.1) is 5.92 Å². The third kappa shape index (κ3) is 2.82. The van der Waals surface area contributed by atoms with E-state index in [1.54, 1.807) is 0 Å². The van der Waals surface area contributed by atoms with Gasteiger partial charge in [0.1, 0.15) is 0 Å². The normalized spacial score (nSPS) is 27.6. The lowest BCUT2D eigenvalue weighted by atomic mass is 9.74. The summed E-state index contributed by atoms with van der Waals surface area (Å²) in [6.45, 7) is 0.0738. The monoisotopic (exact) mass is 300 g/mol. The zero-order valence-corrected chi connectivity index (χ0v) is 10.9. The van der Waals surface area contributed by atoms with Crippen LogP contribution >= 0.6 is 0 Å². The molecule has 0 N–H and O–H groups in total. The number of carbonyl (C=O) groups excluding carboxylic acids is 1. The van der Waals surface area contributed by atoms with Crippen LogP contribution in [-0.2, 0) is 9.53 Å². The van der Waals surface area contributed by atoms with Crippen molar-refractivity contribution in [3.05, 3.63) is 0 Å². The first-order valence-electron chi connectivity index (χ1n) is 6.81. The molecule has 20 heavy (non-hydrogen) atoms. The van der Waals surface area contributed by atoms with Crippen molar-refractivity contribution in [3.8, 4) is 0 Å².